The second kappa shape index (κ2) is 8.55. The van der Waals surface area contributed by atoms with Gasteiger partial charge in [0.05, 0.1) is 6.54 Å². The monoisotopic (exact) mass is 423 g/mol. The minimum atomic E-state index is -0.322. The second-order valence-electron chi connectivity index (χ2n) is 6.99. The first-order chi connectivity index (χ1) is 14.5. The van der Waals surface area contributed by atoms with Crippen LogP contribution in [0.3, 0.4) is 0 Å². The summed E-state index contributed by atoms with van der Waals surface area (Å²) in [5.74, 6) is -0.601. The molecule has 0 saturated heterocycles. The van der Waals surface area contributed by atoms with Gasteiger partial charge in [0.25, 0.3) is 5.56 Å². The van der Waals surface area contributed by atoms with Crippen molar-refractivity contribution in [3.8, 4) is 0 Å². The minimum Gasteiger partial charge on any atom is -0.350 e. The fourth-order valence-corrected chi connectivity index (χ4v) is 3.45. The van der Waals surface area contributed by atoms with E-state index in [4.69, 9.17) is 11.6 Å². The van der Waals surface area contributed by atoms with Gasteiger partial charge in [-0.1, -0.05) is 41.9 Å². The number of nitrogens with one attached hydrogen (secondary N) is 1. The zero-order valence-corrected chi connectivity index (χ0v) is 16.8. The van der Waals surface area contributed by atoms with E-state index in [1.54, 1.807) is 53.4 Å². The van der Waals surface area contributed by atoms with E-state index in [0.29, 0.717) is 22.6 Å². The summed E-state index contributed by atoms with van der Waals surface area (Å²) in [6, 6.07) is 17.2. The number of hydrogen-bond acceptors (Lipinski definition) is 2. The molecule has 2 aromatic heterocycles. The van der Waals surface area contributed by atoms with Crippen molar-refractivity contribution in [1.29, 1.82) is 0 Å². The Kier molecular flexibility index (Phi) is 5.68. The zero-order valence-electron chi connectivity index (χ0n) is 16.0. The highest BCUT2D eigenvalue weighted by atomic mass is 35.5. The van der Waals surface area contributed by atoms with Crippen molar-refractivity contribution in [2.45, 2.75) is 19.6 Å². The Balaban J connectivity index is 1.52. The maximum absolute atomic E-state index is 14.0. The third-order valence-corrected chi connectivity index (χ3v) is 5.16. The van der Waals surface area contributed by atoms with Crippen molar-refractivity contribution < 1.29 is 9.18 Å². The molecule has 2 heterocycles. The molecule has 1 N–H and O–H groups in total. The molecule has 0 atom stereocenters. The van der Waals surface area contributed by atoms with Crippen LogP contribution in [0.5, 0.6) is 0 Å². The average Bonchev–Trinajstić information content (AvgIpc) is 3.15. The third-order valence-electron chi connectivity index (χ3n) is 4.91. The summed E-state index contributed by atoms with van der Waals surface area (Å²) in [6.45, 7) is 0.474. The lowest BCUT2D eigenvalue weighted by atomic mass is 10.2. The summed E-state index contributed by atoms with van der Waals surface area (Å²) in [7, 11) is 0. The Morgan fingerprint density at radius 3 is 2.40 bits per heavy atom. The molecule has 0 bridgehead atoms. The van der Waals surface area contributed by atoms with E-state index in [1.165, 1.54) is 10.6 Å². The Morgan fingerprint density at radius 2 is 1.67 bits per heavy atom. The molecule has 0 aliphatic heterocycles. The first kappa shape index (κ1) is 19.9. The number of aromatic nitrogens is 2. The van der Waals surface area contributed by atoms with E-state index >= 15 is 0 Å². The van der Waals surface area contributed by atoms with Crippen molar-refractivity contribution in [2.24, 2.45) is 0 Å². The SMILES string of the molecule is O=C(Cn1ccc2ccn(Cc3ccccc3F)c2c1=O)NCc1ccc(Cl)cc1. The predicted octanol–water partition coefficient (Wildman–Crippen LogP) is 3.96. The van der Waals surface area contributed by atoms with Crippen LogP contribution in [0.15, 0.2) is 77.9 Å². The van der Waals surface area contributed by atoms with Crippen LogP contribution in [-0.4, -0.2) is 15.0 Å². The van der Waals surface area contributed by atoms with Gasteiger partial charge in [-0.05, 0) is 35.9 Å². The first-order valence-electron chi connectivity index (χ1n) is 9.44. The number of rotatable bonds is 6. The van der Waals surface area contributed by atoms with Gasteiger partial charge in [0, 0.05) is 34.9 Å². The quantitative estimate of drug-likeness (QED) is 0.510. The van der Waals surface area contributed by atoms with Gasteiger partial charge in [-0.15, -0.1) is 0 Å². The number of pyridine rings is 1. The second-order valence-corrected chi connectivity index (χ2v) is 7.43. The molecular weight excluding hydrogens is 405 g/mol. The number of carbonyl (C=O) groups excluding carboxylic acids is 1. The Hall–Kier alpha value is -3.38. The summed E-state index contributed by atoms with van der Waals surface area (Å²) < 4.78 is 17.1. The Labute approximate surface area is 177 Å². The Morgan fingerprint density at radius 1 is 0.967 bits per heavy atom. The number of halogens is 2. The van der Waals surface area contributed by atoms with Crippen LogP contribution in [0.25, 0.3) is 10.9 Å². The van der Waals surface area contributed by atoms with E-state index < -0.39 is 0 Å². The third kappa shape index (κ3) is 4.28. The van der Waals surface area contributed by atoms with Crippen LogP contribution in [0.2, 0.25) is 5.02 Å². The van der Waals surface area contributed by atoms with Crippen molar-refractivity contribution in [3.63, 3.8) is 0 Å². The summed E-state index contributed by atoms with van der Waals surface area (Å²) in [5, 5.41) is 4.17. The fraction of sp³-hybridized carbons (Fsp3) is 0.130. The topological polar surface area (TPSA) is 56.0 Å². The van der Waals surface area contributed by atoms with Gasteiger partial charge < -0.3 is 14.5 Å². The molecule has 152 valence electrons. The first-order valence-corrected chi connectivity index (χ1v) is 9.82. The standard InChI is InChI=1S/C23H19ClFN3O2/c24-19-7-5-16(6-8-19)13-26-21(29)15-28-12-10-17-9-11-27(22(17)23(28)30)14-18-3-1-2-4-20(18)25/h1-12H,13-15H2,(H,26,29). The molecule has 0 unspecified atom stereocenters. The van der Waals surface area contributed by atoms with Crippen LogP contribution >= 0.6 is 11.6 Å². The number of benzene rings is 2. The lowest BCUT2D eigenvalue weighted by molar-refractivity contribution is -0.121. The summed E-state index contributed by atoms with van der Waals surface area (Å²) in [6.07, 6.45) is 3.35. The predicted molar refractivity (Wildman–Crippen MR) is 115 cm³/mol. The molecule has 0 saturated carbocycles. The number of carbonyl (C=O) groups is 1. The number of hydrogen-bond donors (Lipinski definition) is 1. The van der Waals surface area contributed by atoms with Crippen LogP contribution in [0.4, 0.5) is 4.39 Å². The molecule has 30 heavy (non-hydrogen) atoms. The van der Waals surface area contributed by atoms with Crippen molar-refractivity contribution in [1.82, 2.24) is 14.5 Å². The smallest absolute Gasteiger partial charge is 0.275 e. The van der Waals surface area contributed by atoms with Gasteiger partial charge in [-0.2, -0.15) is 0 Å². The maximum Gasteiger partial charge on any atom is 0.275 e. The highest BCUT2D eigenvalue weighted by Crippen LogP contribution is 2.15. The van der Waals surface area contributed by atoms with Crippen LogP contribution < -0.4 is 10.9 Å². The van der Waals surface area contributed by atoms with E-state index in [-0.39, 0.29) is 30.4 Å². The van der Waals surface area contributed by atoms with E-state index in [0.717, 1.165) is 10.9 Å². The maximum atomic E-state index is 14.0. The van der Waals surface area contributed by atoms with Gasteiger partial charge in [0.2, 0.25) is 5.91 Å². The number of fused-ring (bicyclic) bond motifs is 1. The van der Waals surface area contributed by atoms with Crippen molar-refractivity contribution in [2.75, 3.05) is 0 Å². The molecule has 7 heteroatoms. The van der Waals surface area contributed by atoms with Crippen molar-refractivity contribution >= 4 is 28.4 Å². The molecular formula is C23H19ClFN3O2. The fourth-order valence-electron chi connectivity index (χ4n) is 3.32. The molecule has 4 aromatic rings. The van der Waals surface area contributed by atoms with E-state index in [2.05, 4.69) is 5.32 Å². The summed E-state index contributed by atoms with van der Waals surface area (Å²) >= 11 is 5.86. The molecule has 4 rings (SSSR count). The average molecular weight is 424 g/mol. The Bertz CT molecular complexity index is 1260. The van der Waals surface area contributed by atoms with E-state index in [1.807, 2.05) is 18.2 Å². The molecule has 1 amide bonds. The lowest BCUT2D eigenvalue weighted by Gasteiger charge is -2.10. The molecule has 0 spiro atoms. The van der Waals surface area contributed by atoms with Gasteiger partial charge in [0.15, 0.2) is 0 Å². The molecule has 0 aliphatic carbocycles. The highest BCUT2D eigenvalue weighted by molar-refractivity contribution is 6.30. The zero-order chi connectivity index (χ0) is 21.1. The lowest BCUT2D eigenvalue weighted by Crippen LogP contribution is -2.32. The minimum absolute atomic E-state index is 0.104. The van der Waals surface area contributed by atoms with Gasteiger partial charge in [0.1, 0.15) is 17.9 Å². The van der Waals surface area contributed by atoms with Gasteiger partial charge in [-0.3, -0.25) is 9.59 Å². The summed E-state index contributed by atoms with van der Waals surface area (Å²) in [5.41, 5.74) is 1.54. The molecule has 0 aliphatic rings. The number of nitrogens with zero attached hydrogens (tertiary/aromatic N) is 2. The van der Waals surface area contributed by atoms with E-state index in [9.17, 15) is 14.0 Å². The number of amides is 1. The van der Waals surface area contributed by atoms with Crippen LogP contribution in [-0.2, 0) is 24.4 Å². The molecule has 0 radical (unpaired) electrons. The molecule has 0 fully saturated rings. The van der Waals surface area contributed by atoms with Gasteiger partial charge in [-0.25, -0.2) is 4.39 Å². The summed E-state index contributed by atoms with van der Waals surface area (Å²) in [4.78, 5) is 25.3. The molecule has 2 aromatic carbocycles. The van der Waals surface area contributed by atoms with Gasteiger partial charge >= 0.3 is 0 Å². The highest BCUT2D eigenvalue weighted by Gasteiger charge is 2.12. The van der Waals surface area contributed by atoms with Crippen LogP contribution in [0, 0.1) is 5.82 Å². The largest absolute Gasteiger partial charge is 0.350 e. The van der Waals surface area contributed by atoms with Crippen LogP contribution in [0.1, 0.15) is 11.1 Å². The van der Waals surface area contributed by atoms with Crippen molar-refractivity contribution in [3.05, 3.63) is 105 Å². The normalized spacial score (nSPS) is 11.0. The molecule has 5 nitrogen and oxygen atoms in total.